The van der Waals surface area contributed by atoms with Crippen LogP contribution in [0, 0.1) is 12.7 Å². The lowest BCUT2D eigenvalue weighted by Crippen LogP contribution is -2.15. The Balaban J connectivity index is 2.43. The normalized spacial score (nSPS) is 11.3. The minimum absolute atomic E-state index is 0.166. The smallest absolute Gasteiger partial charge is 0.264 e. The number of nitrogens with two attached hydrogens (primary N) is 1. The molecular weight excluding hydrogens is 349 g/mol. The summed E-state index contributed by atoms with van der Waals surface area (Å²) in [5, 5.41) is 0. The molecule has 3 N–H and O–H groups in total. The van der Waals surface area contributed by atoms with E-state index in [2.05, 4.69) is 25.6 Å². The van der Waals surface area contributed by atoms with Crippen molar-refractivity contribution in [3.63, 3.8) is 0 Å². The summed E-state index contributed by atoms with van der Waals surface area (Å²) in [5.74, 6) is -0.822. The number of nitrogens with one attached hydrogen (secondary N) is 1. The van der Waals surface area contributed by atoms with Gasteiger partial charge >= 0.3 is 0 Å². The molecule has 0 saturated heterocycles. The molecule has 0 bridgehead atoms. The number of nitrogens with zero attached hydrogens (tertiary/aromatic N) is 1. The van der Waals surface area contributed by atoms with E-state index in [-0.39, 0.29) is 16.9 Å². The first kappa shape index (κ1) is 14.7. The quantitative estimate of drug-likeness (QED) is 0.651. The van der Waals surface area contributed by atoms with E-state index in [0.29, 0.717) is 4.60 Å². The van der Waals surface area contributed by atoms with Gasteiger partial charge in [0, 0.05) is 5.69 Å². The number of hydrogen-bond donors (Lipinski definition) is 2. The molecule has 0 unspecified atom stereocenters. The number of benzene rings is 1. The second-order valence-electron chi connectivity index (χ2n) is 4.13. The summed E-state index contributed by atoms with van der Waals surface area (Å²) in [7, 11) is -4.06. The van der Waals surface area contributed by atoms with Crippen LogP contribution in [0.3, 0.4) is 0 Å². The molecule has 5 nitrogen and oxygen atoms in total. The zero-order valence-electron chi connectivity index (χ0n) is 10.4. The van der Waals surface area contributed by atoms with Crippen molar-refractivity contribution in [2.75, 3.05) is 10.5 Å². The van der Waals surface area contributed by atoms with Gasteiger partial charge in [-0.05, 0) is 52.7 Å². The van der Waals surface area contributed by atoms with Gasteiger partial charge in [0.1, 0.15) is 15.3 Å². The zero-order valence-corrected chi connectivity index (χ0v) is 12.8. The van der Waals surface area contributed by atoms with Crippen LogP contribution in [0.5, 0.6) is 0 Å². The van der Waals surface area contributed by atoms with Gasteiger partial charge in [-0.1, -0.05) is 0 Å². The Hall–Kier alpha value is -1.67. The van der Waals surface area contributed by atoms with Gasteiger partial charge in [0.25, 0.3) is 10.0 Å². The van der Waals surface area contributed by atoms with Crippen molar-refractivity contribution in [1.29, 1.82) is 0 Å². The fraction of sp³-hybridized carbons (Fsp3) is 0.0833. The van der Waals surface area contributed by atoms with Gasteiger partial charge in [0.05, 0.1) is 11.9 Å². The van der Waals surface area contributed by atoms with Crippen molar-refractivity contribution < 1.29 is 12.8 Å². The van der Waals surface area contributed by atoms with Crippen molar-refractivity contribution in [2.24, 2.45) is 0 Å². The van der Waals surface area contributed by atoms with Crippen LogP contribution >= 0.6 is 15.9 Å². The minimum atomic E-state index is -4.06. The van der Waals surface area contributed by atoms with Crippen molar-refractivity contribution >= 4 is 37.3 Å². The van der Waals surface area contributed by atoms with E-state index in [1.807, 2.05) is 0 Å². The van der Waals surface area contributed by atoms with Crippen LogP contribution < -0.4 is 10.5 Å². The van der Waals surface area contributed by atoms with Crippen LogP contribution in [-0.4, -0.2) is 13.4 Å². The highest BCUT2D eigenvalue weighted by atomic mass is 79.9. The van der Waals surface area contributed by atoms with E-state index in [1.165, 1.54) is 25.3 Å². The fourth-order valence-corrected chi connectivity index (χ4v) is 3.07. The lowest BCUT2D eigenvalue weighted by molar-refractivity contribution is 0.565. The molecule has 0 amide bonds. The second-order valence-corrected chi connectivity index (χ2v) is 6.59. The van der Waals surface area contributed by atoms with Crippen molar-refractivity contribution in [3.8, 4) is 0 Å². The van der Waals surface area contributed by atoms with Crippen molar-refractivity contribution in [2.45, 2.75) is 11.8 Å². The molecule has 1 aromatic heterocycles. The zero-order chi connectivity index (χ0) is 14.9. The lowest BCUT2D eigenvalue weighted by Gasteiger charge is -2.10. The predicted molar refractivity (Wildman–Crippen MR) is 78.3 cm³/mol. The molecule has 8 heteroatoms. The topological polar surface area (TPSA) is 85.1 Å². The summed E-state index contributed by atoms with van der Waals surface area (Å²) in [6, 6.07) is 5.52. The molecule has 106 valence electrons. The molecule has 2 rings (SSSR count). The average molecular weight is 360 g/mol. The summed E-state index contributed by atoms with van der Waals surface area (Å²) >= 11 is 3.14. The van der Waals surface area contributed by atoms with E-state index < -0.39 is 20.7 Å². The maximum absolute atomic E-state index is 13.9. The Kier molecular flexibility index (Phi) is 3.96. The number of hydrogen-bond acceptors (Lipinski definition) is 4. The van der Waals surface area contributed by atoms with E-state index >= 15 is 0 Å². The molecule has 0 aliphatic rings. The number of aryl methyl sites for hydroxylation is 1. The Labute approximate surface area is 124 Å². The molecule has 0 radical (unpaired) electrons. The molecule has 0 saturated carbocycles. The molecule has 0 aliphatic heterocycles. The van der Waals surface area contributed by atoms with Gasteiger partial charge in [-0.25, -0.2) is 17.8 Å². The fourth-order valence-electron chi connectivity index (χ4n) is 1.61. The summed E-state index contributed by atoms with van der Waals surface area (Å²) < 4.78 is 41.1. The van der Waals surface area contributed by atoms with Gasteiger partial charge in [0.15, 0.2) is 0 Å². The summed E-state index contributed by atoms with van der Waals surface area (Å²) in [6.45, 7) is 1.45. The number of aromatic nitrogens is 1. The molecule has 0 fully saturated rings. The van der Waals surface area contributed by atoms with Crippen LogP contribution in [0.4, 0.5) is 15.8 Å². The van der Waals surface area contributed by atoms with Crippen LogP contribution in [0.15, 0.2) is 40.0 Å². The number of sulfonamides is 1. The largest absolute Gasteiger partial charge is 0.399 e. The molecule has 1 heterocycles. The van der Waals surface area contributed by atoms with Crippen LogP contribution in [0.25, 0.3) is 0 Å². The Morgan fingerprint density at radius 3 is 2.65 bits per heavy atom. The van der Waals surface area contributed by atoms with Crippen LogP contribution in [0.2, 0.25) is 0 Å². The third-order valence-electron chi connectivity index (χ3n) is 2.51. The van der Waals surface area contributed by atoms with Crippen molar-refractivity contribution in [3.05, 3.63) is 46.4 Å². The van der Waals surface area contributed by atoms with Gasteiger partial charge < -0.3 is 5.73 Å². The molecule has 1 aromatic carbocycles. The summed E-state index contributed by atoms with van der Waals surface area (Å²) in [6.07, 6.45) is 1.32. The molecule has 0 atom stereocenters. The Morgan fingerprint density at radius 2 is 2.05 bits per heavy atom. The standard InChI is InChI=1S/C12H11BrFN3O2S/c1-7-4-8(15)5-10(12(7)14)20(18,19)17-9-2-3-11(13)16-6-9/h2-6,17H,15H2,1H3. The third kappa shape index (κ3) is 3.07. The lowest BCUT2D eigenvalue weighted by atomic mass is 10.2. The predicted octanol–water partition coefficient (Wildman–Crippen LogP) is 2.67. The maximum atomic E-state index is 13.9. The van der Waals surface area contributed by atoms with Gasteiger partial charge in [-0.15, -0.1) is 0 Å². The molecule has 0 aliphatic carbocycles. The molecule has 2 aromatic rings. The average Bonchev–Trinajstić information content (AvgIpc) is 2.36. The highest BCUT2D eigenvalue weighted by Gasteiger charge is 2.21. The first-order valence-electron chi connectivity index (χ1n) is 5.49. The molecule has 0 spiro atoms. The van der Waals surface area contributed by atoms with E-state index in [9.17, 15) is 12.8 Å². The van der Waals surface area contributed by atoms with E-state index in [1.54, 1.807) is 6.07 Å². The Bertz CT molecular complexity index is 748. The number of pyridine rings is 1. The third-order valence-corrected chi connectivity index (χ3v) is 4.36. The highest BCUT2D eigenvalue weighted by Crippen LogP contribution is 2.24. The summed E-state index contributed by atoms with van der Waals surface area (Å²) in [5.41, 5.74) is 6.14. The molecule has 20 heavy (non-hydrogen) atoms. The van der Waals surface area contributed by atoms with Crippen molar-refractivity contribution in [1.82, 2.24) is 4.98 Å². The number of halogens is 2. The van der Waals surface area contributed by atoms with Crippen LogP contribution in [-0.2, 0) is 10.0 Å². The van der Waals surface area contributed by atoms with E-state index in [4.69, 9.17) is 5.73 Å². The van der Waals surface area contributed by atoms with Gasteiger partial charge in [-0.2, -0.15) is 0 Å². The first-order chi connectivity index (χ1) is 9.29. The number of nitrogen functional groups attached to an aromatic ring is 1. The Morgan fingerprint density at radius 1 is 1.35 bits per heavy atom. The summed E-state index contributed by atoms with van der Waals surface area (Å²) in [4.78, 5) is 3.40. The van der Waals surface area contributed by atoms with E-state index in [0.717, 1.165) is 6.07 Å². The SMILES string of the molecule is Cc1cc(N)cc(S(=O)(=O)Nc2ccc(Br)nc2)c1F. The molecular formula is C12H11BrFN3O2S. The van der Waals surface area contributed by atoms with Crippen LogP contribution in [0.1, 0.15) is 5.56 Å². The van der Waals surface area contributed by atoms with Gasteiger partial charge in [-0.3, -0.25) is 4.72 Å². The number of rotatable bonds is 3. The monoisotopic (exact) mass is 359 g/mol. The second kappa shape index (κ2) is 5.37. The van der Waals surface area contributed by atoms with Gasteiger partial charge in [0.2, 0.25) is 0 Å². The highest BCUT2D eigenvalue weighted by molar-refractivity contribution is 9.10. The minimum Gasteiger partial charge on any atom is -0.399 e. The first-order valence-corrected chi connectivity index (χ1v) is 7.77. The number of anilines is 2. The maximum Gasteiger partial charge on any atom is 0.264 e.